The van der Waals surface area contributed by atoms with Gasteiger partial charge in [0.15, 0.2) is 0 Å². The Bertz CT molecular complexity index is 283. The van der Waals surface area contributed by atoms with Crippen molar-refractivity contribution in [1.82, 2.24) is 5.32 Å². The standard InChI is InChI=1S/C12H22N2O3/c1-3-16-10-5-9(13)11(10)14-12(15)8-4-7(2)17-6-8/h7-11H,3-6,13H2,1-2H3,(H,14,15). The first-order chi connectivity index (χ1) is 8.11. The molecule has 5 atom stereocenters. The van der Waals surface area contributed by atoms with Crippen molar-refractivity contribution in [2.75, 3.05) is 13.2 Å². The molecule has 98 valence electrons. The summed E-state index contributed by atoms with van der Waals surface area (Å²) in [5, 5.41) is 2.99. The van der Waals surface area contributed by atoms with Gasteiger partial charge in [0.05, 0.1) is 30.8 Å². The summed E-state index contributed by atoms with van der Waals surface area (Å²) in [4.78, 5) is 12.0. The van der Waals surface area contributed by atoms with Crippen LogP contribution in [0.25, 0.3) is 0 Å². The summed E-state index contributed by atoms with van der Waals surface area (Å²) in [5.74, 6) is 0.0271. The van der Waals surface area contributed by atoms with Crippen molar-refractivity contribution in [2.45, 2.75) is 51.0 Å². The number of amides is 1. The summed E-state index contributed by atoms with van der Waals surface area (Å²) in [6.07, 6.45) is 1.89. The van der Waals surface area contributed by atoms with Crippen molar-refractivity contribution < 1.29 is 14.3 Å². The molecule has 0 spiro atoms. The van der Waals surface area contributed by atoms with E-state index in [1.54, 1.807) is 0 Å². The molecular formula is C12H22N2O3. The highest BCUT2D eigenvalue weighted by Gasteiger charge is 2.41. The zero-order valence-corrected chi connectivity index (χ0v) is 10.5. The van der Waals surface area contributed by atoms with E-state index in [1.807, 2.05) is 13.8 Å². The smallest absolute Gasteiger partial charge is 0.225 e. The van der Waals surface area contributed by atoms with Crippen LogP contribution in [0, 0.1) is 5.92 Å². The van der Waals surface area contributed by atoms with Crippen LogP contribution >= 0.6 is 0 Å². The number of hydrogen-bond donors (Lipinski definition) is 2. The van der Waals surface area contributed by atoms with Gasteiger partial charge in [-0.1, -0.05) is 0 Å². The molecule has 3 N–H and O–H groups in total. The molecule has 2 aliphatic rings. The maximum Gasteiger partial charge on any atom is 0.225 e. The molecule has 0 radical (unpaired) electrons. The van der Waals surface area contributed by atoms with Gasteiger partial charge in [-0.2, -0.15) is 0 Å². The van der Waals surface area contributed by atoms with Crippen LogP contribution in [0.5, 0.6) is 0 Å². The van der Waals surface area contributed by atoms with Crippen LogP contribution < -0.4 is 11.1 Å². The molecule has 1 saturated carbocycles. The topological polar surface area (TPSA) is 73.6 Å². The normalized spacial score (nSPS) is 41.0. The summed E-state index contributed by atoms with van der Waals surface area (Å²) in [5.41, 5.74) is 5.89. The Kier molecular flexibility index (Phi) is 4.01. The predicted octanol–water partition coefficient (Wildman–Crippen LogP) is 0.0323. The number of rotatable bonds is 4. The molecule has 5 unspecified atom stereocenters. The van der Waals surface area contributed by atoms with Crippen LogP contribution in [0.15, 0.2) is 0 Å². The van der Waals surface area contributed by atoms with Gasteiger partial charge in [0.25, 0.3) is 0 Å². The molecule has 1 aliphatic heterocycles. The van der Waals surface area contributed by atoms with Crippen molar-refractivity contribution >= 4 is 5.91 Å². The molecule has 0 aromatic carbocycles. The molecule has 0 aromatic heterocycles. The van der Waals surface area contributed by atoms with Crippen LogP contribution in [0.2, 0.25) is 0 Å². The van der Waals surface area contributed by atoms with Gasteiger partial charge in [-0.15, -0.1) is 0 Å². The minimum Gasteiger partial charge on any atom is -0.378 e. The zero-order chi connectivity index (χ0) is 12.4. The van der Waals surface area contributed by atoms with Crippen molar-refractivity contribution in [2.24, 2.45) is 11.7 Å². The van der Waals surface area contributed by atoms with Crippen LogP contribution in [0.1, 0.15) is 26.7 Å². The van der Waals surface area contributed by atoms with E-state index in [4.69, 9.17) is 15.2 Å². The highest BCUT2D eigenvalue weighted by atomic mass is 16.5. The van der Waals surface area contributed by atoms with Crippen LogP contribution in [0.4, 0.5) is 0 Å². The van der Waals surface area contributed by atoms with Crippen LogP contribution in [-0.4, -0.2) is 43.4 Å². The highest BCUT2D eigenvalue weighted by Crippen LogP contribution is 2.24. The first-order valence-electron chi connectivity index (χ1n) is 6.41. The predicted molar refractivity (Wildman–Crippen MR) is 63.5 cm³/mol. The van der Waals surface area contributed by atoms with E-state index in [0.717, 1.165) is 12.8 Å². The Morgan fingerprint density at radius 2 is 2.29 bits per heavy atom. The van der Waals surface area contributed by atoms with E-state index >= 15 is 0 Å². The fourth-order valence-corrected chi connectivity index (χ4v) is 2.51. The van der Waals surface area contributed by atoms with Gasteiger partial charge in [-0.05, 0) is 26.7 Å². The molecule has 2 fully saturated rings. The van der Waals surface area contributed by atoms with E-state index in [9.17, 15) is 4.79 Å². The van der Waals surface area contributed by atoms with Crippen molar-refractivity contribution in [1.29, 1.82) is 0 Å². The first-order valence-corrected chi connectivity index (χ1v) is 6.41. The van der Waals surface area contributed by atoms with Gasteiger partial charge in [0, 0.05) is 12.6 Å². The van der Waals surface area contributed by atoms with Crippen LogP contribution in [-0.2, 0) is 14.3 Å². The highest BCUT2D eigenvalue weighted by molar-refractivity contribution is 5.79. The van der Waals surface area contributed by atoms with E-state index < -0.39 is 0 Å². The summed E-state index contributed by atoms with van der Waals surface area (Å²) in [6.45, 7) is 5.13. The lowest BCUT2D eigenvalue weighted by Crippen LogP contribution is -2.65. The molecule has 5 heteroatoms. The van der Waals surface area contributed by atoms with E-state index in [1.165, 1.54) is 0 Å². The Morgan fingerprint density at radius 1 is 1.53 bits per heavy atom. The summed E-state index contributed by atoms with van der Waals surface area (Å²) in [7, 11) is 0. The van der Waals surface area contributed by atoms with Gasteiger partial charge < -0.3 is 20.5 Å². The van der Waals surface area contributed by atoms with Crippen molar-refractivity contribution in [3.8, 4) is 0 Å². The van der Waals surface area contributed by atoms with Crippen molar-refractivity contribution in [3.05, 3.63) is 0 Å². The molecule has 2 rings (SSSR count). The third-order valence-corrected chi connectivity index (χ3v) is 3.63. The Hall–Kier alpha value is -0.650. The fourth-order valence-electron chi connectivity index (χ4n) is 2.51. The number of nitrogens with one attached hydrogen (secondary N) is 1. The Balaban J connectivity index is 1.81. The lowest BCUT2D eigenvalue weighted by molar-refractivity contribution is -0.129. The zero-order valence-electron chi connectivity index (χ0n) is 10.5. The fraction of sp³-hybridized carbons (Fsp3) is 0.917. The summed E-state index contributed by atoms with van der Waals surface area (Å²) in [6, 6.07) is -0.00592. The Morgan fingerprint density at radius 3 is 2.82 bits per heavy atom. The lowest BCUT2D eigenvalue weighted by Gasteiger charge is -2.42. The molecular weight excluding hydrogens is 220 g/mol. The van der Waals surface area contributed by atoms with Gasteiger partial charge in [0.2, 0.25) is 5.91 Å². The monoisotopic (exact) mass is 242 g/mol. The van der Waals surface area contributed by atoms with Gasteiger partial charge in [-0.3, -0.25) is 4.79 Å². The molecule has 0 aromatic rings. The largest absolute Gasteiger partial charge is 0.378 e. The van der Waals surface area contributed by atoms with Crippen LogP contribution in [0.3, 0.4) is 0 Å². The minimum absolute atomic E-state index is 0.0234. The van der Waals surface area contributed by atoms with E-state index in [0.29, 0.717) is 13.2 Å². The third-order valence-electron chi connectivity index (χ3n) is 3.63. The molecule has 0 bridgehead atoms. The SMILES string of the molecule is CCOC1CC(N)C1NC(=O)C1COC(C)C1. The molecule has 17 heavy (non-hydrogen) atoms. The molecule has 1 amide bonds. The summed E-state index contributed by atoms with van der Waals surface area (Å²) < 4.78 is 10.9. The lowest BCUT2D eigenvalue weighted by atomic mass is 9.83. The Labute approximate surface area is 102 Å². The van der Waals surface area contributed by atoms with Gasteiger partial charge >= 0.3 is 0 Å². The third kappa shape index (κ3) is 2.78. The average molecular weight is 242 g/mol. The maximum atomic E-state index is 12.0. The first kappa shape index (κ1) is 12.8. The second-order valence-corrected chi connectivity index (χ2v) is 5.00. The number of carbonyl (C=O) groups excluding carboxylic acids is 1. The number of hydrogen-bond acceptors (Lipinski definition) is 4. The van der Waals surface area contributed by atoms with E-state index in [2.05, 4.69) is 5.32 Å². The summed E-state index contributed by atoms with van der Waals surface area (Å²) >= 11 is 0. The quantitative estimate of drug-likeness (QED) is 0.729. The molecule has 1 aliphatic carbocycles. The maximum absolute atomic E-state index is 12.0. The minimum atomic E-state index is -0.0293. The number of nitrogens with two attached hydrogens (primary N) is 1. The van der Waals surface area contributed by atoms with Gasteiger partial charge in [-0.25, -0.2) is 0 Å². The molecule has 5 nitrogen and oxygen atoms in total. The van der Waals surface area contributed by atoms with E-state index in [-0.39, 0.29) is 36.1 Å². The number of ether oxygens (including phenoxy) is 2. The molecule has 1 heterocycles. The van der Waals surface area contributed by atoms with Gasteiger partial charge in [0.1, 0.15) is 0 Å². The van der Waals surface area contributed by atoms with Crippen molar-refractivity contribution in [3.63, 3.8) is 0 Å². The molecule has 1 saturated heterocycles. The average Bonchev–Trinajstić information content (AvgIpc) is 2.72. The second-order valence-electron chi connectivity index (χ2n) is 5.00. The second kappa shape index (κ2) is 5.33. The number of carbonyl (C=O) groups is 1.